The van der Waals surface area contributed by atoms with E-state index in [9.17, 15) is 5.11 Å². The van der Waals surface area contributed by atoms with Crippen LogP contribution in [0, 0.1) is 11.8 Å². The third-order valence-corrected chi connectivity index (χ3v) is 3.76. The van der Waals surface area contributed by atoms with Gasteiger partial charge in [-0.1, -0.05) is 42.2 Å². The van der Waals surface area contributed by atoms with Gasteiger partial charge in [-0.25, -0.2) is 0 Å². The summed E-state index contributed by atoms with van der Waals surface area (Å²) < 4.78 is 0. The van der Waals surface area contributed by atoms with E-state index >= 15 is 0 Å². The maximum absolute atomic E-state index is 9.76. The maximum Gasteiger partial charge on any atom is 0.150 e. The Labute approximate surface area is 92.5 Å². The van der Waals surface area contributed by atoms with Crippen LogP contribution in [0.5, 0.6) is 0 Å². The van der Waals surface area contributed by atoms with E-state index in [1.807, 2.05) is 53.3 Å². The molecule has 1 aromatic rings. The number of aliphatic hydroxyl groups excluding tert-OH is 1. The van der Waals surface area contributed by atoms with Crippen molar-refractivity contribution in [3.63, 3.8) is 0 Å². The summed E-state index contributed by atoms with van der Waals surface area (Å²) in [6, 6.07) is 9.71. The van der Waals surface area contributed by atoms with Crippen LogP contribution >= 0.6 is 10.9 Å². The molecule has 0 spiro atoms. The molecule has 0 amide bonds. The molecule has 0 radical (unpaired) electrons. The molecule has 1 atom stereocenters. The Balaban J connectivity index is 2.05. The SMILES string of the molecule is OC(C#Cc1ccccc1)[SH]1C=CC=C1. The van der Waals surface area contributed by atoms with Crippen molar-refractivity contribution < 1.29 is 5.11 Å². The quantitative estimate of drug-likeness (QED) is 0.545. The molecule has 1 aliphatic rings. The van der Waals surface area contributed by atoms with E-state index in [0.717, 1.165) is 5.56 Å². The van der Waals surface area contributed by atoms with E-state index in [0.29, 0.717) is 0 Å². The number of hydrogen-bond donors (Lipinski definition) is 2. The molecule has 1 nitrogen and oxygen atoms in total. The summed E-state index contributed by atoms with van der Waals surface area (Å²) in [6.07, 6.45) is 3.91. The van der Waals surface area contributed by atoms with Crippen molar-refractivity contribution in [3.8, 4) is 11.8 Å². The lowest BCUT2D eigenvalue weighted by Gasteiger charge is -2.11. The van der Waals surface area contributed by atoms with Crippen molar-refractivity contribution in [2.45, 2.75) is 5.44 Å². The van der Waals surface area contributed by atoms with Gasteiger partial charge in [0.25, 0.3) is 0 Å². The number of hydrogen-bond acceptors (Lipinski definition) is 1. The molecule has 0 saturated carbocycles. The van der Waals surface area contributed by atoms with Crippen molar-refractivity contribution >= 4 is 10.9 Å². The smallest absolute Gasteiger partial charge is 0.150 e. The third kappa shape index (κ3) is 2.76. The van der Waals surface area contributed by atoms with Crippen molar-refractivity contribution in [2.75, 3.05) is 0 Å². The highest BCUT2D eigenvalue weighted by molar-refractivity contribution is 8.22. The van der Waals surface area contributed by atoms with Gasteiger partial charge in [-0.2, -0.15) is 10.9 Å². The third-order valence-electron chi connectivity index (χ3n) is 2.03. The minimum atomic E-state index is -0.582. The molecule has 15 heavy (non-hydrogen) atoms. The van der Waals surface area contributed by atoms with E-state index in [1.54, 1.807) is 0 Å². The second-order valence-electron chi connectivity index (χ2n) is 3.14. The Hall–Kier alpha value is -1.43. The van der Waals surface area contributed by atoms with E-state index in [-0.39, 0.29) is 0 Å². The molecule has 1 heterocycles. The first-order chi connectivity index (χ1) is 7.36. The van der Waals surface area contributed by atoms with Crippen LogP contribution in [-0.2, 0) is 0 Å². The average molecular weight is 216 g/mol. The molecular formula is C13H12OS. The Bertz CT molecular complexity index is 425. The van der Waals surface area contributed by atoms with E-state index in [4.69, 9.17) is 0 Å². The van der Waals surface area contributed by atoms with Gasteiger partial charge in [0.15, 0.2) is 5.44 Å². The zero-order valence-electron chi connectivity index (χ0n) is 8.17. The number of allylic oxidation sites excluding steroid dienone is 2. The Morgan fingerprint density at radius 3 is 2.40 bits per heavy atom. The highest BCUT2D eigenvalue weighted by Gasteiger charge is 2.07. The number of thiol groups is 1. The minimum Gasteiger partial charge on any atom is -0.372 e. The first-order valence-electron chi connectivity index (χ1n) is 4.73. The zero-order chi connectivity index (χ0) is 10.5. The van der Waals surface area contributed by atoms with E-state index in [1.165, 1.54) is 0 Å². The van der Waals surface area contributed by atoms with Crippen LogP contribution in [0.15, 0.2) is 53.3 Å². The van der Waals surface area contributed by atoms with Gasteiger partial charge in [-0.3, -0.25) is 0 Å². The molecular weight excluding hydrogens is 204 g/mol. The summed E-state index contributed by atoms with van der Waals surface area (Å²) in [6.45, 7) is 0. The highest BCUT2D eigenvalue weighted by Crippen LogP contribution is 2.36. The normalized spacial score (nSPS) is 17.3. The monoisotopic (exact) mass is 216 g/mol. The molecule has 1 N–H and O–H groups in total. The fourth-order valence-corrected chi connectivity index (χ4v) is 2.49. The molecule has 0 bridgehead atoms. The molecule has 0 fully saturated rings. The molecule has 0 saturated heterocycles. The van der Waals surface area contributed by atoms with Gasteiger partial charge in [-0.15, -0.1) is 0 Å². The van der Waals surface area contributed by atoms with Crippen LogP contribution in [0.25, 0.3) is 0 Å². The molecule has 76 valence electrons. The van der Waals surface area contributed by atoms with Crippen molar-refractivity contribution in [3.05, 3.63) is 58.9 Å². The predicted molar refractivity (Wildman–Crippen MR) is 66.6 cm³/mol. The van der Waals surface area contributed by atoms with Crippen LogP contribution in [0.1, 0.15) is 5.56 Å². The zero-order valence-corrected chi connectivity index (χ0v) is 9.06. The minimum absolute atomic E-state index is 0.546. The van der Waals surface area contributed by atoms with Gasteiger partial charge in [0, 0.05) is 5.56 Å². The average Bonchev–Trinajstić information content (AvgIpc) is 2.81. The van der Waals surface area contributed by atoms with Crippen molar-refractivity contribution in [2.24, 2.45) is 0 Å². The molecule has 1 unspecified atom stereocenters. The Kier molecular flexibility index (Phi) is 3.29. The Morgan fingerprint density at radius 1 is 1.07 bits per heavy atom. The van der Waals surface area contributed by atoms with Crippen LogP contribution in [0.3, 0.4) is 0 Å². The van der Waals surface area contributed by atoms with Crippen LogP contribution < -0.4 is 0 Å². The standard InChI is InChI=1S/C13H12OS/c14-13(15-10-4-5-11-15)9-8-12-6-2-1-3-7-12/h1-7,10-11,13-15H. The van der Waals surface area contributed by atoms with Crippen molar-refractivity contribution in [1.29, 1.82) is 0 Å². The summed E-state index contributed by atoms with van der Waals surface area (Å²) in [5, 5.41) is 13.8. The van der Waals surface area contributed by atoms with Crippen LogP contribution in [-0.4, -0.2) is 10.5 Å². The van der Waals surface area contributed by atoms with Gasteiger partial charge >= 0.3 is 0 Å². The number of rotatable bonds is 1. The molecule has 0 aliphatic carbocycles. The fraction of sp³-hybridized carbons (Fsp3) is 0.0769. The molecule has 1 aliphatic heterocycles. The summed E-state index contributed by atoms with van der Waals surface area (Å²) in [4.78, 5) is 0. The number of aliphatic hydroxyl groups is 1. The molecule has 2 rings (SSSR count). The molecule has 2 heteroatoms. The largest absolute Gasteiger partial charge is 0.372 e. The van der Waals surface area contributed by atoms with E-state index < -0.39 is 16.3 Å². The Morgan fingerprint density at radius 2 is 1.73 bits per heavy atom. The summed E-state index contributed by atoms with van der Waals surface area (Å²) in [5.74, 6) is 5.84. The second-order valence-corrected chi connectivity index (χ2v) is 5.12. The summed E-state index contributed by atoms with van der Waals surface area (Å²) in [5.41, 5.74) is 0.397. The number of benzene rings is 1. The lowest BCUT2D eigenvalue weighted by Crippen LogP contribution is -1.99. The van der Waals surface area contributed by atoms with Crippen LogP contribution in [0.4, 0.5) is 0 Å². The topological polar surface area (TPSA) is 20.2 Å². The van der Waals surface area contributed by atoms with Gasteiger partial charge < -0.3 is 5.11 Å². The van der Waals surface area contributed by atoms with Gasteiger partial charge in [0.2, 0.25) is 0 Å². The van der Waals surface area contributed by atoms with E-state index in [2.05, 4.69) is 11.8 Å². The lowest BCUT2D eigenvalue weighted by molar-refractivity contribution is 0.318. The molecule has 1 aromatic carbocycles. The van der Waals surface area contributed by atoms with Gasteiger partial charge in [0.1, 0.15) is 0 Å². The predicted octanol–water partition coefficient (Wildman–Crippen LogP) is 2.40. The van der Waals surface area contributed by atoms with Gasteiger partial charge in [0.05, 0.1) is 0 Å². The fourth-order valence-electron chi connectivity index (χ4n) is 1.25. The first-order valence-corrected chi connectivity index (χ1v) is 6.28. The maximum atomic E-state index is 9.76. The lowest BCUT2D eigenvalue weighted by atomic mass is 10.2. The highest BCUT2D eigenvalue weighted by atomic mass is 32.2. The summed E-state index contributed by atoms with van der Waals surface area (Å²) >= 11 is 0. The second kappa shape index (κ2) is 4.88. The van der Waals surface area contributed by atoms with Gasteiger partial charge in [-0.05, 0) is 22.9 Å². The van der Waals surface area contributed by atoms with Crippen LogP contribution in [0.2, 0.25) is 0 Å². The summed E-state index contributed by atoms with van der Waals surface area (Å²) in [7, 11) is -0.582. The van der Waals surface area contributed by atoms with Crippen molar-refractivity contribution in [1.82, 2.24) is 0 Å². The molecule has 0 aromatic heterocycles. The first kappa shape index (κ1) is 10.1.